The molecule has 0 atom stereocenters. The summed E-state index contributed by atoms with van der Waals surface area (Å²) in [5, 5.41) is 17.3. The van der Waals surface area contributed by atoms with E-state index in [1.807, 2.05) is 36.1 Å². The number of hydrogen-bond acceptors (Lipinski definition) is 3. The number of nitrogens with zero attached hydrogens (tertiary/aromatic N) is 3. The molecule has 2 N–H and O–H groups in total. The molecule has 3 rings (SSSR count). The minimum Gasteiger partial charge on any atom is -0.476 e. The third-order valence-corrected chi connectivity index (χ3v) is 4.48. The Labute approximate surface area is 139 Å². The van der Waals surface area contributed by atoms with Crippen molar-refractivity contribution in [1.29, 1.82) is 0 Å². The fraction of sp³-hybridized carbons (Fsp3) is 0.312. The Hall–Kier alpha value is -2.41. The standard InChI is InChI=1S/C16H18N4O2S/c1-10-5-3-4-6-12(10)17-16(23)20-8-7-11-13(9-20)19(2)18-14(11)15(21)22/h3-6H,7-9H2,1-2H3,(H,17,23)(H,21,22). The van der Waals surface area contributed by atoms with Gasteiger partial charge in [-0.05, 0) is 37.2 Å². The van der Waals surface area contributed by atoms with E-state index in [0.717, 1.165) is 22.5 Å². The highest BCUT2D eigenvalue weighted by Crippen LogP contribution is 2.23. The third kappa shape index (κ3) is 2.92. The van der Waals surface area contributed by atoms with E-state index in [0.29, 0.717) is 24.6 Å². The Kier molecular flexibility index (Phi) is 4.04. The van der Waals surface area contributed by atoms with Crippen molar-refractivity contribution in [2.75, 3.05) is 11.9 Å². The van der Waals surface area contributed by atoms with Gasteiger partial charge in [-0.1, -0.05) is 18.2 Å². The summed E-state index contributed by atoms with van der Waals surface area (Å²) in [7, 11) is 1.77. The van der Waals surface area contributed by atoms with E-state index >= 15 is 0 Å². The summed E-state index contributed by atoms with van der Waals surface area (Å²) in [4.78, 5) is 13.3. The second-order valence-electron chi connectivity index (χ2n) is 5.62. The zero-order valence-electron chi connectivity index (χ0n) is 13.0. The molecule has 23 heavy (non-hydrogen) atoms. The van der Waals surface area contributed by atoms with E-state index in [-0.39, 0.29) is 5.69 Å². The molecule has 1 aromatic carbocycles. The highest BCUT2D eigenvalue weighted by atomic mass is 32.1. The van der Waals surface area contributed by atoms with Crippen molar-refractivity contribution in [1.82, 2.24) is 14.7 Å². The van der Waals surface area contributed by atoms with Crippen LogP contribution in [0.5, 0.6) is 0 Å². The van der Waals surface area contributed by atoms with Gasteiger partial charge in [0.05, 0.1) is 12.2 Å². The Morgan fingerprint density at radius 2 is 2.13 bits per heavy atom. The molecule has 1 aromatic heterocycles. The molecule has 0 saturated carbocycles. The summed E-state index contributed by atoms with van der Waals surface area (Å²) in [6.07, 6.45) is 0.625. The average Bonchev–Trinajstić information content (AvgIpc) is 2.86. The van der Waals surface area contributed by atoms with Crippen LogP contribution in [-0.2, 0) is 20.0 Å². The van der Waals surface area contributed by atoms with Crippen LogP contribution in [0.25, 0.3) is 0 Å². The smallest absolute Gasteiger partial charge is 0.356 e. The van der Waals surface area contributed by atoms with Crippen molar-refractivity contribution in [3.63, 3.8) is 0 Å². The lowest BCUT2D eigenvalue weighted by atomic mass is 10.0. The average molecular weight is 330 g/mol. The minimum absolute atomic E-state index is 0.153. The summed E-state index contributed by atoms with van der Waals surface area (Å²) in [6, 6.07) is 7.97. The molecule has 0 aliphatic carbocycles. The molecule has 0 unspecified atom stereocenters. The maximum absolute atomic E-state index is 11.3. The van der Waals surface area contributed by atoms with E-state index < -0.39 is 5.97 Å². The van der Waals surface area contributed by atoms with E-state index in [1.54, 1.807) is 11.7 Å². The quantitative estimate of drug-likeness (QED) is 0.823. The van der Waals surface area contributed by atoms with Crippen molar-refractivity contribution < 1.29 is 9.90 Å². The van der Waals surface area contributed by atoms with Gasteiger partial charge >= 0.3 is 5.97 Å². The number of fused-ring (bicyclic) bond motifs is 1. The molecule has 6 nitrogen and oxygen atoms in total. The largest absolute Gasteiger partial charge is 0.476 e. The van der Waals surface area contributed by atoms with E-state index in [9.17, 15) is 9.90 Å². The highest BCUT2D eigenvalue weighted by Gasteiger charge is 2.27. The Balaban J connectivity index is 1.78. The number of nitrogens with one attached hydrogen (secondary N) is 1. The maximum Gasteiger partial charge on any atom is 0.356 e. The third-order valence-electron chi connectivity index (χ3n) is 4.12. The predicted molar refractivity (Wildman–Crippen MR) is 91.7 cm³/mol. The number of aromatic nitrogens is 2. The van der Waals surface area contributed by atoms with Gasteiger partial charge in [-0.15, -0.1) is 0 Å². The van der Waals surface area contributed by atoms with Gasteiger partial charge in [0.25, 0.3) is 0 Å². The Morgan fingerprint density at radius 3 is 2.83 bits per heavy atom. The number of carboxylic acids is 1. The molecule has 0 saturated heterocycles. The van der Waals surface area contributed by atoms with Crippen molar-refractivity contribution in [3.05, 3.63) is 46.8 Å². The van der Waals surface area contributed by atoms with Crippen LogP contribution in [0.2, 0.25) is 0 Å². The molecular weight excluding hydrogens is 312 g/mol. The number of benzene rings is 1. The van der Waals surface area contributed by atoms with Gasteiger partial charge in [0.2, 0.25) is 0 Å². The lowest BCUT2D eigenvalue weighted by Gasteiger charge is -2.30. The Bertz CT molecular complexity index is 784. The van der Waals surface area contributed by atoms with Crippen LogP contribution in [0.4, 0.5) is 5.69 Å². The zero-order valence-corrected chi connectivity index (χ0v) is 13.9. The van der Waals surface area contributed by atoms with Crippen molar-refractivity contribution in [3.8, 4) is 0 Å². The number of hydrogen-bond donors (Lipinski definition) is 2. The normalized spacial score (nSPS) is 13.6. The van der Waals surface area contributed by atoms with Crippen LogP contribution in [-0.4, -0.2) is 37.4 Å². The molecule has 7 heteroatoms. The molecule has 2 aromatic rings. The van der Waals surface area contributed by atoms with Gasteiger partial charge in [-0.2, -0.15) is 5.10 Å². The fourth-order valence-electron chi connectivity index (χ4n) is 2.82. The first-order valence-corrected chi connectivity index (χ1v) is 7.78. The van der Waals surface area contributed by atoms with Crippen molar-refractivity contribution >= 4 is 29.0 Å². The molecule has 0 radical (unpaired) electrons. The van der Waals surface area contributed by atoms with Gasteiger partial charge < -0.3 is 15.3 Å². The van der Waals surface area contributed by atoms with E-state index in [1.165, 1.54) is 0 Å². The topological polar surface area (TPSA) is 70.4 Å². The van der Waals surface area contributed by atoms with Gasteiger partial charge in [-0.25, -0.2) is 4.79 Å². The minimum atomic E-state index is -0.976. The van der Waals surface area contributed by atoms with Crippen LogP contribution >= 0.6 is 12.2 Å². The van der Waals surface area contributed by atoms with Crippen LogP contribution in [0.3, 0.4) is 0 Å². The summed E-state index contributed by atoms with van der Waals surface area (Å²) in [5.41, 5.74) is 3.98. The molecule has 0 bridgehead atoms. The maximum atomic E-state index is 11.3. The molecule has 120 valence electrons. The molecular formula is C16H18N4O2S. The number of rotatable bonds is 2. The molecule has 0 amide bonds. The number of carboxylic acid groups (broad SMARTS) is 1. The summed E-state index contributed by atoms with van der Waals surface area (Å²) < 4.78 is 1.64. The molecule has 0 spiro atoms. The number of anilines is 1. The highest BCUT2D eigenvalue weighted by molar-refractivity contribution is 7.80. The first-order valence-electron chi connectivity index (χ1n) is 7.37. The summed E-state index contributed by atoms with van der Waals surface area (Å²) in [5.74, 6) is -0.976. The van der Waals surface area contributed by atoms with Crippen molar-refractivity contribution in [2.45, 2.75) is 19.9 Å². The van der Waals surface area contributed by atoms with Crippen LogP contribution in [0.1, 0.15) is 27.3 Å². The molecule has 1 aliphatic rings. The summed E-state index contributed by atoms with van der Waals surface area (Å²) >= 11 is 5.52. The van der Waals surface area contributed by atoms with E-state index in [4.69, 9.17) is 12.2 Å². The summed E-state index contributed by atoms with van der Waals surface area (Å²) in [6.45, 7) is 3.26. The molecule has 2 heterocycles. The second kappa shape index (κ2) is 6.00. The van der Waals surface area contributed by atoms with Crippen molar-refractivity contribution in [2.24, 2.45) is 7.05 Å². The monoisotopic (exact) mass is 330 g/mol. The number of para-hydroxylation sites is 1. The van der Waals surface area contributed by atoms with Crippen LogP contribution < -0.4 is 5.32 Å². The van der Waals surface area contributed by atoms with E-state index in [2.05, 4.69) is 10.4 Å². The first-order chi connectivity index (χ1) is 11.0. The van der Waals surface area contributed by atoms with Gasteiger partial charge in [0, 0.05) is 24.8 Å². The number of carbonyl (C=O) groups is 1. The van der Waals surface area contributed by atoms with Gasteiger partial charge in [-0.3, -0.25) is 4.68 Å². The lowest BCUT2D eigenvalue weighted by molar-refractivity contribution is 0.0688. The SMILES string of the molecule is Cc1ccccc1NC(=S)N1CCc2c(C(=O)O)nn(C)c2C1. The number of aryl methyl sites for hydroxylation is 2. The van der Waals surface area contributed by atoms with Crippen LogP contribution in [0.15, 0.2) is 24.3 Å². The van der Waals surface area contributed by atoms with Crippen LogP contribution in [0, 0.1) is 6.92 Å². The predicted octanol–water partition coefficient (Wildman–Crippen LogP) is 2.18. The lowest BCUT2D eigenvalue weighted by Crippen LogP contribution is -2.39. The first kappa shape index (κ1) is 15.5. The molecule has 0 fully saturated rings. The zero-order chi connectivity index (χ0) is 16.6. The number of aromatic carboxylic acids is 1. The fourth-order valence-corrected chi connectivity index (χ4v) is 3.09. The molecule has 1 aliphatic heterocycles. The number of thiocarbonyl (C=S) groups is 1. The Morgan fingerprint density at radius 1 is 1.39 bits per heavy atom. The van der Waals surface area contributed by atoms with Gasteiger partial charge in [0.1, 0.15) is 0 Å². The second-order valence-corrected chi connectivity index (χ2v) is 6.01. The van der Waals surface area contributed by atoms with Gasteiger partial charge in [0.15, 0.2) is 10.8 Å².